The van der Waals surface area contributed by atoms with Crippen LogP contribution in [0.15, 0.2) is 30.3 Å². The standard InChI is InChI=1S/C14H20O2/c1-3-7-14(15)16-12(2)10-11-13-8-5-4-6-9-13/h4-6,8-9,12H,3,7,10-11H2,1-2H3/t12-/m0/s1. The highest BCUT2D eigenvalue weighted by molar-refractivity contribution is 5.69. The van der Waals surface area contributed by atoms with E-state index in [0.29, 0.717) is 6.42 Å². The van der Waals surface area contributed by atoms with Gasteiger partial charge in [-0.25, -0.2) is 0 Å². The Kier molecular flexibility index (Phi) is 5.62. The van der Waals surface area contributed by atoms with Crippen LogP contribution in [0.5, 0.6) is 0 Å². The molecule has 88 valence electrons. The van der Waals surface area contributed by atoms with E-state index in [0.717, 1.165) is 19.3 Å². The van der Waals surface area contributed by atoms with E-state index in [2.05, 4.69) is 12.1 Å². The molecule has 0 aliphatic heterocycles. The van der Waals surface area contributed by atoms with Gasteiger partial charge in [0, 0.05) is 6.42 Å². The molecular weight excluding hydrogens is 200 g/mol. The summed E-state index contributed by atoms with van der Waals surface area (Å²) in [6, 6.07) is 10.3. The first-order valence-corrected chi connectivity index (χ1v) is 5.95. The highest BCUT2D eigenvalue weighted by Gasteiger charge is 2.08. The molecule has 2 heteroatoms. The van der Waals surface area contributed by atoms with E-state index in [9.17, 15) is 4.79 Å². The summed E-state index contributed by atoms with van der Waals surface area (Å²) in [5.74, 6) is -0.0805. The molecule has 0 radical (unpaired) electrons. The van der Waals surface area contributed by atoms with Crippen LogP contribution in [0.25, 0.3) is 0 Å². The van der Waals surface area contributed by atoms with Gasteiger partial charge in [0.25, 0.3) is 0 Å². The zero-order valence-electron chi connectivity index (χ0n) is 10.1. The Morgan fingerprint density at radius 2 is 2.00 bits per heavy atom. The summed E-state index contributed by atoms with van der Waals surface area (Å²) < 4.78 is 5.27. The number of aryl methyl sites for hydroxylation is 1. The van der Waals surface area contributed by atoms with Crippen molar-refractivity contribution < 1.29 is 9.53 Å². The SMILES string of the molecule is CCCC(=O)O[C@@H](C)CCc1ccccc1. The van der Waals surface area contributed by atoms with Gasteiger partial charge in [0.15, 0.2) is 0 Å². The van der Waals surface area contributed by atoms with Gasteiger partial charge in [0.05, 0.1) is 6.10 Å². The molecular formula is C14H20O2. The van der Waals surface area contributed by atoms with Crippen molar-refractivity contribution in [1.29, 1.82) is 0 Å². The number of hydrogen-bond donors (Lipinski definition) is 0. The van der Waals surface area contributed by atoms with E-state index in [-0.39, 0.29) is 12.1 Å². The van der Waals surface area contributed by atoms with Crippen molar-refractivity contribution in [2.45, 2.75) is 45.6 Å². The summed E-state index contributed by atoms with van der Waals surface area (Å²) in [7, 11) is 0. The molecule has 0 fully saturated rings. The summed E-state index contributed by atoms with van der Waals surface area (Å²) in [4.78, 5) is 11.2. The van der Waals surface area contributed by atoms with Crippen LogP contribution in [0.3, 0.4) is 0 Å². The van der Waals surface area contributed by atoms with Crippen LogP contribution in [0.1, 0.15) is 38.7 Å². The summed E-state index contributed by atoms with van der Waals surface area (Å²) in [5, 5.41) is 0. The summed E-state index contributed by atoms with van der Waals surface area (Å²) in [5.41, 5.74) is 1.29. The molecule has 1 aromatic carbocycles. The third kappa shape index (κ3) is 4.96. The van der Waals surface area contributed by atoms with Crippen LogP contribution in [0.4, 0.5) is 0 Å². The Bertz CT molecular complexity index is 306. The molecule has 0 aliphatic rings. The number of hydrogen-bond acceptors (Lipinski definition) is 2. The summed E-state index contributed by atoms with van der Waals surface area (Å²) >= 11 is 0. The van der Waals surface area contributed by atoms with Gasteiger partial charge >= 0.3 is 5.97 Å². The monoisotopic (exact) mass is 220 g/mol. The lowest BCUT2D eigenvalue weighted by molar-refractivity contribution is -0.148. The van der Waals surface area contributed by atoms with E-state index in [1.54, 1.807) is 0 Å². The van der Waals surface area contributed by atoms with Gasteiger partial charge < -0.3 is 4.74 Å². The van der Waals surface area contributed by atoms with Gasteiger partial charge in [-0.05, 0) is 31.7 Å². The third-order valence-corrected chi connectivity index (χ3v) is 2.47. The number of ether oxygens (including phenoxy) is 1. The lowest BCUT2D eigenvalue weighted by Gasteiger charge is -2.12. The van der Waals surface area contributed by atoms with Crippen molar-refractivity contribution in [3.63, 3.8) is 0 Å². The first-order chi connectivity index (χ1) is 7.72. The Morgan fingerprint density at radius 1 is 1.31 bits per heavy atom. The Balaban J connectivity index is 2.25. The molecule has 0 saturated carbocycles. The molecule has 0 unspecified atom stereocenters. The van der Waals surface area contributed by atoms with Crippen molar-refractivity contribution >= 4 is 5.97 Å². The van der Waals surface area contributed by atoms with Crippen molar-refractivity contribution in [3.8, 4) is 0 Å². The quantitative estimate of drug-likeness (QED) is 0.687. The first-order valence-electron chi connectivity index (χ1n) is 5.95. The maximum Gasteiger partial charge on any atom is 0.306 e. The maximum atomic E-state index is 11.2. The first kappa shape index (κ1) is 12.8. The van der Waals surface area contributed by atoms with Gasteiger partial charge in [-0.3, -0.25) is 4.79 Å². The minimum absolute atomic E-state index is 0.0132. The molecule has 0 bridgehead atoms. The minimum Gasteiger partial charge on any atom is -0.463 e. The average molecular weight is 220 g/mol. The highest BCUT2D eigenvalue weighted by Crippen LogP contribution is 2.08. The lowest BCUT2D eigenvalue weighted by atomic mass is 10.1. The normalized spacial score (nSPS) is 12.1. The molecule has 1 rings (SSSR count). The predicted molar refractivity (Wildman–Crippen MR) is 65.2 cm³/mol. The van der Waals surface area contributed by atoms with Crippen molar-refractivity contribution in [3.05, 3.63) is 35.9 Å². The molecule has 16 heavy (non-hydrogen) atoms. The van der Waals surface area contributed by atoms with Crippen LogP contribution >= 0.6 is 0 Å². The van der Waals surface area contributed by atoms with E-state index >= 15 is 0 Å². The smallest absolute Gasteiger partial charge is 0.306 e. The van der Waals surface area contributed by atoms with Gasteiger partial charge in [0.1, 0.15) is 0 Å². The largest absolute Gasteiger partial charge is 0.463 e. The number of carbonyl (C=O) groups excluding carboxylic acids is 1. The van der Waals surface area contributed by atoms with Crippen molar-refractivity contribution in [2.24, 2.45) is 0 Å². The molecule has 0 heterocycles. The maximum absolute atomic E-state index is 11.2. The Hall–Kier alpha value is -1.31. The summed E-state index contributed by atoms with van der Waals surface area (Å²) in [6.07, 6.45) is 3.24. The number of rotatable bonds is 6. The van der Waals surface area contributed by atoms with Gasteiger partial charge in [0.2, 0.25) is 0 Å². The fourth-order valence-electron chi connectivity index (χ4n) is 1.56. The molecule has 0 saturated heterocycles. The topological polar surface area (TPSA) is 26.3 Å². The predicted octanol–water partition coefficient (Wildman–Crippen LogP) is 3.35. The Morgan fingerprint density at radius 3 is 2.62 bits per heavy atom. The van der Waals surface area contributed by atoms with E-state index < -0.39 is 0 Å². The second-order valence-electron chi connectivity index (χ2n) is 4.07. The zero-order chi connectivity index (χ0) is 11.8. The molecule has 1 atom stereocenters. The second kappa shape index (κ2) is 7.04. The van der Waals surface area contributed by atoms with E-state index in [4.69, 9.17) is 4.74 Å². The molecule has 0 aromatic heterocycles. The fourth-order valence-corrected chi connectivity index (χ4v) is 1.56. The van der Waals surface area contributed by atoms with Crippen LogP contribution < -0.4 is 0 Å². The van der Waals surface area contributed by atoms with Gasteiger partial charge in [-0.2, -0.15) is 0 Å². The average Bonchev–Trinajstić information content (AvgIpc) is 2.28. The fraction of sp³-hybridized carbons (Fsp3) is 0.500. The zero-order valence-corrected chi connectivity index (χ0v) is 10.1. The van der Waals surface area contributed by atoms with Crippen LogP contribution in [0, 0.1) is 0 Å². The lowest BCUT2D eigenvalue weighted by Crippen LogP contribution is -2.15. The molecule has 0 N–H and O–H groups in total. The molecule has 0 aliphatic carbocycles. The van der Waals surface area contributed by atoms with Gasteiger partial charge in [-0.1, -0.05) is 37.3 Å². The van der Waals surface area contributed by atoms with Crippen molar-refractivity contribution in [1.82, 2.24) is 0 Å². The van der Waals surface area contributed by atoms with Gasteiger partial charge in [-0.15, -0.1) is 0 Å². The van der Waals surface area contributed by atoms with Crippen LogP contribution in [-0.2, 0) is 16.0 Å². The third-order valence-electron chi connectivity index (χ3n) is 2.47. The minimum atomic E-state index is -0.0805. The number of esters is 1. The van der Waals surface area contributed by atoms with E-state index in [1.165, 1.54) is 5.56 Å². The highest BCUT2D eigenvalue weighted by atomic mass is 16.5. The number of benzene rings is 1. The molecule has 1 aromatic rings. The van der Waals surface area contributed by atoms with Crippen LogP contribution in [0.2, 0.25) is 0 Å². The molecule has 0 amide bonds. The Labute approximate surface area is 97.6 Å². The van der Waals surface area contributed by atoms with Crippen LogP contribution in [-0.4, -0.2) is 12.1 Å². The molecule has 2 nitrogen and oxygen atoms in total. The second-order valence-corrected chi connectivity index (χ2v) is 4.07. The van der Waals surface area contributed by atoms with Crippen molar-refractivity contribution in [2.75, 3.05) is 0 Å². The van der Waals surface area contributed by atoms with E-state index in [1.807, 2.05) is 32.0 Å². The molecule has 0 spiro atoms. The summed E-state index contributed by atoms with van der Waals surface area (Å²) in [6.45, 7) is 3.94. The number of carbonyl (C=O) groups is 1.